The molecule has 0 spiro atoms. The molecule has 1 aliphatic rings. The Balaban J connectivity index is 2.07. The number of hydrogen-bond donors (Lipinski definition) is 1. The van der Waals surface area contributed by atoms with Crippen LogP contribution in [-0.4, -0.2) is 15.5 Å². The van der Waals surface area contributed by atoms with Gasteiger partial charge in [0.15, 0.2) is 0 Å². The van der Waals surface area contributed by atoms with E-state index in [1.807, 2.05) is 38.1 Å². The average molecular weight is 382 g/mol. The van der Waals surface area contributed by atoms with Crippen LogP contribution in [0.25, 0.3) is 21.6 Å². The van der Waals surface area contributed by atoms with Crippen LogP contribution in [0.5, 0.6) is 0 Å². The highest BCUT2D eigenvalue weighted by atomic mass is 32.1. The molecule has 27 heavy (non-hydrogen) atoms. The van der Waals surface area contributed by atoms with E-state index in [9.17, 15) is 9.59 Å². The molecule has 2 aromatic heterocycles. The number of hydrogen-bond acceptors (Lipinski definition) is 4. The Morgan fingerprint density at radius 1 is 1.26 bits per heavy atom. The highest BCUT2D eigenvalue weighted by Gasteiger charge is 2.27. The molecule has 4 rings (SSSR count). The Hall–Kier alpha value is -2.47. The topological polar surface area (TPSA) is 78.0 Å². The lowest BCUT2D eigenvalue weighted by Gasteiger charge is -2.19. The number of nitrogens with zero attached hydrogens (tertiary/aromatic N) is 2. The molecule has 2 heterocycles. The lowest BCUT2D eigenvalue weighted by Crippen LogP contribution is -2.35. The van der Waals surface area contributed by atoms with Crippen molar-refractivity contribution < 1.29 is 4.79 Å². The summed E-state index contributed by atoms with van der Waals surface area (Å²) in [6.07, 6.45) is 4.60. The molecule has 0 aliphatic heterocycles. The summed E-state index contributed by atoms with van der Waals surface area (Å²) < 4.78 is 1.52. The van der Waals surface area contributed by atoms with Gasteiger partial charge in [0.1, 0.15) is 16.7 Å². The molecule has 1 unspecified atom stereocenters. The zero-order valence-corrected chi connectivity index (χ0v) is 16.4. The largest absolute Gasteiger partial charge is 0.368 e. The van der Waals surface area contributed by atoms with Crippen molar-refractivity contribution in [2.45, 2.75) is 52.0 Å². The van der Waals surface area contributed by atoms with E-state index in [1.165, 1.54) is 9.44 Å². The van der Waals surface area contributed by atoms with Crippen molar-refractivity contribution in [2.24, 2.45) is 5.73 Å². The molecular weight excluding hydrogens is 358 g/mol. The summed E-state index contributed by atoms with van der Waals surface area (Å²) in [6.45, 7) is 3.88. The molecule has 2 N–H and O–H groups in total. The van der Waals surface area contributed by atoms with E-state index in [0.717, 1.165) is 47.2 Å². The van der Waals surface area contributed by atoms with Crippen LogP contribution in [0.1, 0.15) is 48.2 Å². The summed E-state index contributed by atoms with van der Waals surface area (Å²) in [5.41, 5.74) is 8.59. The van der Waals surface area contributed by atoms with Crippen LogP contribution in [0.2, 0.25) is 0 Å². The van der Waals surface area contributed by atoms with Crippen LogP contribution in [0.15, 0.2) is 29.1 Å². The van der Waals surface area contributed by atoms with Crippen LogP contribution < -0.4 is 11.3 Å². The van der Waals surface area contributed by atoms with Gasteiger partial charge in [0, 0.05) is 10.4 Å². The molecule has 0 saturated carbocycles. The number of primary amides is 1. The monoisotopic (exact) mass is 381 g/mol. The number of rotatable bonds is 4. The van der Waals surface area contributed by atoms with Gasteiger partial charge in [-0.3, -0.25) is 14.2 Å². The summed E-state index contributed by atoms with van der Waals surface area (Å²) in [6, 6.07) is 7.16. The molecule has 1 aromatic carbocycles. The number of carbonyl (C=O) groups is 1. The van der Waals surface area contributed by atoms with Gasteiger partial charge in [-0.1, -0.05) is 36.8 Å². The molecule has 6 heteroatoms. The first kappa shape index (κ1) is 17.9. The fraction of sp³-hybridized carbons (Fsp3) is 0.381. The van der Waals surface area contributed by atoms with Crippen molar-refractivity contribution in [1.82, 2.24) is 9.55 Å². The molecule has 5 nitrogen and oxygen atoms in total. The Kier molecular flexibility index (Phi) is 4.60. The molecule has 140 valence electrons. The minimum Gasteiger partial charge on any atom is -0.368 e. The van der Waals surface area contributed by atoms with Gasteiger partial charge >= 0.3 is 0 Å². The first-order valence-electron chi connectivity index (χ1n) is 9.44. The van der Waals surface area contributed by atoms with E-state index in [0.29, 0.717) is 17.6 Å². The fourth-order valence-electron chi connectivity index (χ4n) is 3.92. The van der Waals surface area contributed by atoms with Crippen LogP contribution in [0, 0.1) is 6.92 Å². The number of amides is 1. The third-order valence-electron chi connectivity index (χ3n) is 5.36. The van der Waals surface area contributed by atoms with E-state index < -0.39 is 11.9 Å². The van der Waals surface area contributed by atoms with E-state index in [2.05, 4.69) is 0 Å². The molecule has 1 amide bonds. The summed E-state index contributed by atoms with van der Waals surface area (Å²) in [5, 5.41) is 0.685. The number of carbonyl (C=O) groups excluding carboxylic acids is 1. The van der Waals surface area contributed by atoms with Gasteiger partial charge in [-0.05, 0) is 44.6 Å². The quantitative estimate of drug-likeness (QED) is 0.748. The maximum absolute atomic E-state index is 13.5. The van der Waals surface area contributed by atoms with Gasteiger partial charge in [-0.25, -0.2) is 4.98 Å². The fourth-order valence-corrected chi connectivity index (χ4v) is 5.18. The van der Waals surface area contributed by atoms with E-state index in [-0.39, 0.29) is 5.56 Å². The van der Waals surface area contributed by atoms with E-state index in [1.54, 1.807) is 11.3 Å². The molecule has 0 saturated heterocycles. The minimum absolute atomic E-state index is 0.138. The van der Waals surface area contributed by atoms with E-state index in [4.69, 9.17) is 10.7 Å². The first-order chi connectivity index (χ1) is 13.0. The summed E-state index contributed by atoms with van der Waals surface area (Å²) in [4.78, 5) is 32.6. The summed E-state index contributed by atoms with van der Waals surface area (Å²) in [5.74, 6) is 0.0231. The number of nitrogens with two attached hydrogens (primary N) is 1. The zero-order chi connectivity index (χ0) is 19.1. The molecule has 0 bridgehead atoms. The third kappa shape index (κ3) is 2.98. The number of aromatic nitrogens is 2. The van der Waals surface area contributed by atoms with Crippen molar-refractivity contribution in [3.05, 3.63) is 50.6 Å². The Labute approximate surface area is 161 Å². The highest BCUT2D eigenvalue weighted by Crippen LogP contribution is 2.35. The van der Waals surface area contributed by atoms with Crippen LogP contribution in [-0.2, 0) is 17.6 Å². The van der Waals surface area contributed by atoms with Crippen molar-refractivity contribution in [1.29, 1.82) is 0 Å². The minimum atomic E-state index is -0.704. The molecule has 3 aromatic rings. The first-order valence-corrected chi connectivity index (χ1v) is 10.3. The normalized spacial score (nSPS) is 14.9. The number of aryl methyl sites for hydroxylation is 3. The van der Waals surface area contributed by atoms with Crippen molar-refractivity contribution in [3.8, 4) is 11.4 Å². The second-order valence-corrected chi connectivity index (χ2v) is 8.28. The van der Waals surface area contributed by atoms with Gasteiger partial charge in [0.2, 0.25) is 5.91 Å². The Morgan fingerprint density at radius 3 is 2.63 bits per heavy atom. The second-order valence-electron chi connectivity index (χ2n) is 7.19. The zero-order valence-electron chi connectivity index (χ0n) is 15.6. The van der Waals surface area contributed by atoms with Crippen LogP contribution in [0.3, 0.4) is 0 Å². The smallest absolute Gasteiger partial charge is 0.263 e. The lowest BCUT2D eigenvalue weighted by molar-refractivity contribution is -0.121. The van der Waals surface area contributed by atoms with Crippen molar-refractivity contribution >= 4 is 27.5 Å². The van der Waals surface area contributed by atoms with Gasteiger partial charge in [-0.2, -0.15) is 0 Å². The van der Waals surface area contributed by atoms with E-state index >= 15 is 0 Å². The lowest BCUT2D eigenvalue weighted by atomic mass is 9.97. The van der Waals surface area contributed by atoms with Gasteiger partial charge in [-0.15, -0.1) is 11.3 Å². The summed E-state index contributed by atoms with van der Waals surface area (Å²) >= 11 is 1.62. The van der Waals surface area contributed by atoms with Crippen molar-refractivity contribution in [3.63, 3.8) is 0 Å². The van der Waals surface area contributed by atoms with Gasteiger partial charge in [0.25, 0.3) is 5.56 Å². The van der Waals surface area contributed by atoms with Crippen LogP contribution >= 0.6 is 11.3 Å². The van der Waals surface area contributed by atoms with Crippen molar-refractivity contribution in [2.75, 3.05) is 0 Å². The SMILES string of the molecule is CCC(C(N)=O)n1c(-c2ccc(C)cc2)nc2sc3c(c2c1=O)CCCC3. The van der Waals surface area contributed by atoms with Gasteiger partial charge in [0.05, 0.1) is 5.39 Å². The second kappa shape index (κ2) is 6.93. The number of thiophene rings is 1. The molecule has 0 fully saturated rings. The molecule has 1 aliphatic carbocycles. The molecule has 0 radical (unpaired) electrons. The standard InChI is InChI=1S/C21H23N3O2S/c1-3-15(18(22)25)24-19(13-10-8-12(2)9-11-13)23-20-17(21(24)26)14-6-4-5-7-16(14)27-20/h8-11,15H,3-7H2,1-2H3,(H2,22,25). The average Bonchev–Trinajstić information content (AvgIpc) is 3.03. The maximum atomic E-state index is 13.5. The Bertz CT molecular complexity index is 1080. The molecular formula is C21H23N3O2S. The third-order valence-corrected chi connectivity index (χ3v) is 6.54. The summed E-state index contributed by atoms with van der Waals surface area (Å²) in [7, 11) is 0. The number of benzene rings is 1. The Morgan fingerprint density at radius 2 is 1.96 bits per heavy atom. The number of fused-ring (bicyclic) bond motifs is 3. The molecule has 1 atom stereocenters. The maximum Gasteiger partial charge on any atom is 0.263 e. The highest BCUT2D eigenvalue weighted by molar-refractivity contribution is 7.18. The predicted molar refractivity (Wildman–Crippen MR) is 109 cm³/mol. The predicted octanol–water partition coefficient (Wildman–Crippen LogP) is 3.75. The van der Waals surface area contributed by atoms with Gasteiger partial charge < -0.3 is 5.73 Å². The van der Waals surface area contributed by atoms with Crippen LogP contribution in [0.4, 0.5) is 0 Å².